The number of piperazine rings is 1. The summed E-state index contributed by atoms with van der Waals surface area (Å²) in [5.74, 6) is 1.84. The van der Waals surface area contributed by atoms with E-state index in [0.717, 1.165) is 25.1 Å². The van der Waals surface area contributed by atoms with Crippen molar-refractivity contribution < 1.29 is 18.0 Å². The van der Waals surface area contributed by atoms with Gasteiger partial charge in [0, 0.05) is 38.3 Å². The van der Waals surface area contributed by atoms with Crippen molar-refractivity contribution in [3.05, 3.63) is 36.0 Å². The van der Waals surface area contributed by atoms with Gasteiger partial charge in [-0.05, 0) is 36.8 Å². The molecule has 1 aliphatic heterocycles. The third kappa shape index (κ3) is 3.12. The van der Waals surface area contributed by atoms with Crippen LogP contribution in [0.2, 0.25) is 0 Å². The molecule has 4 nitrogen and oxygen atoms in total. The SMILES string of the molecule is O=C([C@@H]1C[C@H]2C=C[C@@H]1C2)N1CCN(c2ccc(C(F)(F)F)cn2)CC1. The molecule has 2 bridgehead atoms. The smallest absolute Gasteiger partial charge is 0.353 e. The van der Waals surface area contributed by atoms with Gasteiger partial charge in [-0.1, -0.05) is 12.2 Å². The number of amides is 1. The third-order valence-corrected chi connectivity index (χ3v) is 5.59. The third-order valence-electron chi connectivity index (χ3n) is 5.59. The van der Waals surface area contributed by atoms with Crippen molar-refractivity contribution >= 4 is 11.7 Å². The molecule has 2 fully saturated rings. The summed E-state index contributed by atoms with van der Waals surface area (Å²) in [7, 11) is 0. The average molecular weight is 351 g/mol. The maximum absolute atomic E-state index is 12.7. The van der Waals surface area contributed by atoms with Gasteiger partial charge in [-0.15, -0.1) is 0 Å². The highest BCUT2D eigenvalue weighted by Crippen LogP contribution is 2.44. The number of halogens is 3. The van der Waals surface area contributed by atoms with E-state index in [1.807, 2.05) is 9.80 Å². The van der Waals surface area contributed by atoms with Crippen LogP contribution in [0.15, 0.2) is 30.5 Å². The van der Waals surface area contributed by atoms with Crippen LogP contribution < -0.4 is 4.90 Å². The van der Waals surface area contributed by atoms with Crippen LogP contribution in [0.5, 0.6) is 0 Å². The summed E-state index contributed by atoms with van der Waals surface area (Å²) < 4.78 is 37.8. The van der Waals surface area contributed by atoms with E-state index in [1.165, 1.54) is 6.07 Å². The molecule has 0 radical (unpaired) electrons. The van der Waals surface area contributed by atoms with Crippen LogP contribution in [-0.4, -0.2) is 42.0 Å². The summed E-state index contributed by atoms with van der Waals surface area (Å²) in [5, 5.41) is 0. The van der Waals surface area contributed by atoms with Crippen LogP contribution in [0.1, 0.15) is 18.4 Å². The Kier molecular flexibility index (Phi) is 3.96. The first kappa shape index (κ1) is 16.4. The van der Waals surface area contributed by atoms with Crippen LogP contribution in [0.25, 0.3) is 0 Å². The Balaban J connectivity index is 1.35. The maximum atomic E-state index is 12.7. The minimum Gasteiger partial charge on any atom is -0.353 e. The molecular formula is C18H20F3N3O. The van der Waals surface area contributed by atoms with Crippen LogP contribution in [0.4, 0.5) is 19.0 Å². The van der Waals surface area contributed by atoms with E-state index < -0.39 is 11.7 Å². The largest absolute Gasteiger partial charge is 0.417 e. The number of pyridine rings is 1. The number of anilines is 1. The lowest BCUT2D eigenvalue weighted by atomic mass is 9.92. The Morgan fingerprint density at radius 1 is 1.08 bits per heavy atom. The lowest BCUT2D eigenvalue weighted by Crippen LogP contribution is -2.51. The Morgan fingerprint density at radius 2 is 1.84 bits per heavy atom. The van der Waals surface area contributed by atoms with Crippen molar-refractivity contribution in [3.8, 4) is 0 Å². The summed E-state index contributed by atoms with van der Waals surface area (Å²) in [6, 6.07) is 2.46. The zero-order valence-electron chi connectivity index (χ0n) is 13.7. The first-order valence-corrected chi connectivity index (χ1v) is 8.67. The number of nitrogens with zero attached hydrogens (tertiary/aromatic N) is 3. The highest BCUT2D eigenvalue weighted by Gasteiger charge is 2.42. The minimum atomic E-state index is -4.37. The molecule has 1 saturated carbocycles. The molecule has 3 aliphatic rings. The molecule has 0 spiro atoms. The van der Waals surface area contributed by atoms with Crippen LogP contribution in [0, 0.1) is 17.8 Å². The summed E-state index contributed by atoms with van der Waals surface area (Å²) in [4.78, 5) is 20.5. The summed E-state index contributed by atoms with van der Waals surface area (Å²) in [6.07, 6.45) is 2.97. The first-order chi connectivity index (χ1) is 11.9. The molecule has 1 saturated heterocycles. The summed E-state index contributed by atoms with van der Waals surface area (Å²) in [6.45, 7) is 2.39. The monoisotopic (exact) mass is 351 g/mol. The van der Waals surface area contributed by atoms with Crippen LogP contribution in [-0.2, 0) is 11.0 Å². The minimum absolute atomic E-state index is 0.116. The molecule has 1 amide bonds. The van der Waals surface area contributed by atoms with Gasteiger partial charge in [0.1, 0.15) is 5.82 Å². The lowest BCUT2D eigenvalue weighted by molar-refractivity contribution is -0.138. The van der Waals surface area contributed by atoms with Crippen molar-refractivity contribution in [2.75, 3.05) is 31.1 Å². The zero-order valence-corrected chi connectivity index (χ0v) is 13.7. The van der Waals surface area contributed by atoms with Gasteiger partial charge in [-0.25, -0.2) is 4.98 Å². The number of fused-ring (bicyclic) bond motifs is 2. The normalized spacial score (nSPS) is 28.7. The summed E-state index contributed by atoms with van der Waals surface area (Å²) >= 11 is 0. The summed E-state index contributed by atoms with van der Waals surface area (Å²) in [5.41, 5.74) is -0.741. The lowest BCUT2D eigenvalue weighted by Gasteiger charge is -2.37. The van der Waals surface area contributed by atoms with Gasteiger partial charge in [-0.2, -0.15) is 13.2 Å². The van der Waals surface area contributed by atoms with E-state index in [9.17, 15) is 18.0 Å². The van der Waals surface area contributed by atoms with Gasteiger partial charge in [0.25, 0.3) is 0 Å². The second-order valence-corrected chi connectivity index (χ2v) is 7.10. The van der Waals surface area contributed by atoms with Crippen molar-refractivity contribution in [1.29, 1.82) is 0 Å². The number of rotatable bonds is 2. The maximum Gasteiger partial charge on any atom is 0.417 e. The first-order valence-electron chi connectivity index (χ1n) is 8.67. The molecule has 0 N–H and O–H groups in total. The van der Waals surface area contributed by atoms with Gasteiger partial charge in [0.05, 0.1) is 5.56 Å². The van der Waals surface area contributed by atoms with E-state index in [2.05, 4.69) is 17.1 Å². The highest BCUT2D eigenvalue weighted by molar-refractivity contribution is 5.80. The molecule has 4 rings (SSSR count). The molecule has 1 aromatic rings. The zero-order chi connectivity index (χ0) is 17.6. The van der Waals surface area contributed by atoms with Gasteiger partial charge < -0.3 is 9.80 Å². The number of allylic oxidation sites excluding steroid dienone is 2. The van der Waals surface area contributed by atoms with E-state index in [0.29, 0.717) is 43.8 Å². The van der Waals surface area contributed by atoms with Crippen LogP contribution in [0.3, 0.4) is 0 Å². The van der Waals surface area contributed by atoms with Gasteiger partial charge in [0.2, 0.25) is 5.91 Å². The van der Waals surface area contributed by atoms with Crippen LogP contribution >= 0.6 is 0 Å². The predicted molar refractivity (Wildman–Crippen MR) is 86.9 cm³/mol. The Labute approximate surface area is 144 Å². The molecule has 1 aromatic heterocycles. The number of alkyl halides is 3. The molecule has 2 aliphatic carbocycles. The average Bonchev–Trinajstić information content (AvgIpc) is 3.24. The number of hydrogen-bond donors (Lipinski definition) is 0. The van der Waals surface area contributed by atoms with E-state index in [1.54, 1.807) is 0 Å². The number of hydrogen-bond acceptors (Lipinski definition) is 3. The van der Waals surface area contributed by atoms with Gasteiger partial charge in [0.15, 0.2) is 0 Å². The second-order valence-electron chi connectivity index (χ2n) is 7.10. The molecule has 2 heterocycles. The fourth-order valence-electron chi connectivity index (χ4n) is 4.20. The molecule has 134 valence electrons. The standard InChI is InChI=1S/C18H20F3N3O/c19-18(20,21)14-3-4-16(22-11-14)23-5-7-24(8-6-23)17(25)15-10-12-1-2-13(15)9-12/h1-4,11-13,15H,5-10H2/t12-,13+,15+/m0/s1. The number of aromatic nitrogens is 1. The Morgan fingerprint density at radius 3 is 2.36 bits per heavy atom. The van der Waals surface area contributed by atoms with Gasteiger partial charge >= 0.3 is 6.18 Å². The second kappa shape index (κ2) is 6.04. The molecular weight excluding hydrogens is 331 g/mol. The fraction of sp³-hybridized carbons (Fsp3) is 0.556. The fourth-order valence-corrected chi connectivity index (χ4v) is 4.20. The van der Waals surface area contributed by atoms with Gasteiger partial charge in [-0.3, -0.25) is 4.79 Å². The molecule has 25 heavy (non-hydrogen) atoms. The highest BCUT2D eigenvalue weighted by atomic mass is 19.4. The van der Waals surface area contributed by atoms with Crippen molar-refractivity contribution in [2.24, 2.45) is 17.8 Å². The van der Waals surface area contributed by atoms with Crippen molar-refractivity contribution in [3.63, 3.8) is 0 Å². The van der Waals surface area contributed by atoms with E-state index in [-0.39, 0.29) is 11.8 Å². The molecule has 7 heteroatoms. The quantitative estimate of drug-likeness (QED) is 0.769. The Bertz CT molecular complexity index is 678. The van der Waals surface area contributed by atoms with E-state index >= 15 is 0 Å². The topological polar surface area (TPSA) is 36.4 Å². The molecule has 0 unspecified atom stereocenters. The van der Waals surface area contributed by atoms with Crippen molar-refractivity contribution in [2.45, 2.75) is 19.0 Å². The predicted octanol–water partition coefficient (Wildman–Crippen LogP) is 2.96. The molecule has 3 atom stereocenters. The number of carbonyl (C=O) groups is 1. The van der Waals surface area contributed by atoms with E-state index in [4.69, 9.17) is 0 Å². The Hall–Kier alpha value is -2.05. The number of carbonyl (C=O) groups excluding carboxylic acids is 1. The van der Waals surface area contributed by atoms with Crippen molar-refractivity contribution in [1.82, 2.24) is 9.88 Å². The molecule has 0 aromatic carbocycles.